The lowest BCUT2D eigenvalue weighted by atomic mass is 9.95. The van der Waals surface area contributed by atoms with Gasteiger partial charge in [0.05, 0.1) is 27.8 Å². The van der Waals surface area contributed by atoms with Gasteiger partial charge in [0.2, 0.25) is 0 Å². The first-order chi connectivity index (χ1) is 16.2. The van der Waals surface area contributed by atoms with Crippen molar-refractivity contribution in [2.75, 3.05) is 0 Å². The van der Waals surface area contributed by atoms with Crippen molar-refractivity contribution in [3.05, 3.63) is 87.8 Å². The smallest absolute Gasteiger partial charge is 0.336 e. The third kappa shape index (κ3) is 4.49. The lowest BCUT2D eigenvalue weighted by molar-refractivity contribution is -0.290. The van der Waals surface area contributed by atoms with Crippen LogP contribution in [0.1, 0.15) is 16.7 Å². The first-order valence-electron chi connectivity index (χ1n) is 9.67. The lowest BCUT2D eigenvalue weighted by Gasteiger charge is -2.23. The van der Waals surface area contributed by atoms with E-state index >= 15 is 0 Å². The molecule has 2 aromatic heterocycles. The summed E-state index contributed by atoms with van der Waals surface area (Å²) >= 11 is 0. The van der Waals surface area contributed by atoms with Crippen molar-refractivity contribution in [3.63, 3.8) is 0 Å². The predicted molar refractivity (Wildman–Crippen MR) is 110 cm³/mol. The van der Waals surface area contributed by atoms with Gasteiger partial charge in [-0.2, -0.15) is 31.7 Å². The van der Waals surface area contributed by atoms with Crippen LogP contribution < -0.4 is 5.56 Å². The minimum absolute atomic E-state index is 0.142. The first kappa shape index (κ1) is 24.3. The van der Waals surface area contributed by atoms with E-state index in [1.54, 1.807) is 0 Å². The Morgan fingerprint density at radius 1 is 0.800 bits per heavy atom. The van der Waals surface area contributed by atoms with Crippen LogP contribution >= 0.6 is 0 Å². The zero-order valence-corrected chi connectivity index (χ0v) is 17.2. The van der Waals surface area contributed by atoms with Gasteiger partial charge >= 0.3 is 18.3 Å². The molecule has 0 aliphatic rings. The Balaban J connectivity index is 2.08. The van der Waals surface area contributed by atoms with Crippen LogP contribution in [0.5, 0.6) is 0 Å². The number of halogens is 5. The van der Waals surface area contributed by atoms with Gasteiger partial charge in [-0.1, -0.05) is 18.2 Å². The number of hydrogen-bond donors (Lipinski definition) is 4. The van der Waals surface area contributed by atoms with Crippen LogP contribution in [0.25, 0.3) is 27.8 Å². The highest BCUT2D eigenvalue weighted by atomic mass is 19.4. The van der Waals surface area contributed by atoms with E-state index in [0.29, 0.717) is 22.9 Å². The Kier molecular flexibility index (Phi) is 5.68. The maximum atomic E-state index is 14.4. The van der Waals surface area contributed by atoms with Gasteiger partial charge in [0.25, 0.3) is 5.56 Å². The summed E-state index contributed by atoms with van der Waals surface area (Å²) in [6, 6.07) is 0.113. The molecule has 4 N–H and O–H groups in total. The van der Waals surface area contributed by atoms with Crippen LogP contribution in [0.15, 0.2) is 65.6 Å². The third-order valence-electron chi connectivity index (χ3n) is 5.07. The zero-order chi connectivity index (χ0) is 25.8. The van der Waals surface area contributed by atoms with E-state index in [1.165, 1.54) is 18.3 Å². The molecule has 0 saturated carbocycles. The molecule has 0 saturated heterocycles. The second-order valence-corrected chi connectivity index (χ2v) is 7.41. The van der Waals surface area contributed by atoms with Crippen molar-refractivity contribution >= 4 is 10.9 Å². The molecule has 0 spiro atoms. The summed E-state index contributed by atoms with van der Waals surface area (Å²) in [5.74, 6) is 0. The average molecular weight is 495 g/mol. The molecule has 2 aromatic carbocycles. The average Bonchev–Trinajstić information content (AvgIpc) is 2.77. The summed E-state index contributed by atoms with van der Waals surface area (Å²) in [7, 11) is 0. The lowest BCUT2D eigenvalue weighted by Crippen LogP contribution is -2.29. The van der Waals surface area contributed by atoms with E-state index in [1.807, 2.05) is 0 Å². The van der Waals surface area contributed by atoms with Gasteiger partial charge in [0.15, 0.2) is 0 Å². The molecule has 13 heteroatoms. The number of pyridine rings is 1. The molecule has 0 radical (unpaired) electrons. The second kappa shape index (κ2) is 8.16. The summed E-state index contributed by atoms with van der Waals surface area (Å²) < 4.78 is 67.9. The number of benzene rings is 2. The molecule has 0 aliphatic carbocycles. The van der Waals surface area contributed by atoms with Gasteiger partial charge in [-0.15, -0.1) is 0 Å². The minimum Gasteiger partial charge on any atom is -0.336 e. The molecule has 0 aliphatic heterocycles. The molecule has 4 rings (SSSR count). The fourth-order valence-corrected chi connectivity index (χ4v) is 3.58. The number of alkyl halides is 5. The van der Waals surface area contributed by atoms with Crippen LogP contribution in [0, 0.1) is 0 Å². The highest BCUT2D eigenvalue weighted by Crippen LogP contribution is 2.39. The number of fused-ring (bicyclic) bond motifs is 1. The topological polar surface area (TPSA) is 129 Å². The molecule has 35 heavy (non-hydrogen) atoms. The van der Waals surface area contributed by atoms with Crippen molar-refractivity contribution in [1.29, 1.82) is 0 Å². The van der Waals surface area contributed by atoms with Crippen LogP contribution in [0.4, 0.5) is 22.0 Å². The Hall–Kier alpha value is -3.78. The SMILES string of the molecule is O=c1c2cccnc2c(-c2cccc(C(O)(O)F)c2C(O)(O)F)nn1-c1ccc(C(F)(F)F)cc1. The molecule has 2 heterocycles. The van der Waals surface area contributed by atoms with Gasteiger partial charge in [0, 0.05) is 11.8 Å². The molecule has 0 unspecified atom stereocenters. The fraction of sp³-hybridized carbons (Fsp3) is 0.136. The number of aromatic nitrogens is 3. The van der Waals surface area contributed by atoms with E-state index in [2.05, 4.69) is 10.1 Å². The van der Waals surface area contributed by atoms with Gasteiger partial charge in [-0.3, -0.25) is 9.78 Å². The van der Waals surface area contributed by atoms with E-state index in [9.17, 15) is 47.2 Å². The summed E-state index contributed by atoms with van der Waals surface area (Å²) in [6.45, 7) is 0. The van der Waals surface area contributed by atoms with Gasteiger partial charge in [0.1, 0.15) is 11.2 Å². The fourth-order valence-electron chi connectivity index (χ4n) is 3.58. The van der Waals surface area contributed by atoms with E-state index in [-0.39, 0.29) is 16.6 Å². The third-order valence-corrected chi connectivity index (χ3v) is 5.07. The molecule has 0 bridgehead atoms. The van der Waals surface area contributed by atoms with E-state index < -0.39 is 51.8 Å². The minimum atomic E-state index is -4.65. The molecular weight excluding hydrogens is 481 g/mol. The highest BCUT2D eigenvalue weighted by Gasteiger charge is 2.40. The van der Waals surface area contributed by atoms with Gasteiger partial charge in [-0.25, -0.2) is 0 Å². The number of aliphatic hydroxyl groups is 4. The van der Waals surface area contributed by atoms with Crippen molar-refractivity contribution in [3.8, 4) is 16.9 Å². The maximum absolute atomic E-state index is 14.4. The van der Waals surface area contributed by atoms with Gasteiger partial charge < -0.3 is 20.4 Å². The molecule has 0 atom stereocenters. The van der Waals surface area contributed by atoms with Crippen LogP contribution in [0.2, 0.25) is 0 Å². The molecule has 0 fully saturated rings. The summed E-state index contributed by atoms with van der Waals surface area (Å²) in [5.41, 5.74) is -5.85. The largest absolute Gasteiger partial charge is 0.416 e. The van der Waals surface area contributed by atoms with Crippen LogP contribution in [-0.2, 0) is 18.3 Å². The molecule has 0 amide bonds. The number of nitrogens with zero attached hydrogens (tertiary/aromatic N) is 3. The Morgan fingerprint density at radius 3 is 2.03 bits per heavy atom. The highest BCUT2D eigenvalue weighted by molar-refractivity contribution is 5.91. The van der Waals surface area contributed by atoms with Crippen molar-refractivity contribution in [2.45, 2.75) is 18.3 Å². The molecule has 8 nitrogen and oxygen atoms in total. The first-order valence-corrected chi connectivity index (χ1v) is 9.67. The van der Waals surface area contributed by atoms with Crippen molar-refractivity contribution in [1.82, 2.24) is 14.8 Å². The Bertz CT molecular complexity index is 1470. The maximum Gasteiger partial charge on any atom is 0.416 e. The molecular formula is C22H14F5N3O5. The summed E-state index contributed by atoms with van der Waals surface area (Å²) in [5, 5.41) is 42.0. The molecule has 182 valence electrons. The normalized spacial score (nSPS) is 12.8. The van der Waals surface area contributed by atoms with Crippen LogP contribution in [0.3, 0.4) is 0 Å². The van der Waals surface area contributed by atoms with Crippen molar-refractivity contribution < 1.29 is 42.4 Å². The second-order valence-electron chi connectivity index (χ2n) is 7.41. The zero-order valence-electron chi connectivity index (χ0n) is 17.2. The van der Waals surface area contributed by atoms with E-state index in [0.717, 1.165) is 24.3 Å². The molecule has 4 aromatic rings. The summed E-state index contributed by atoms with van der Waals surface area (Å²) in [6.07, 6.45) is -3.43. The monoisotopic (exact) mass is 495 g/mol. The number of rotatable bonds is 4. The Labute approximate surface area is 191 Å². The standard InChI is InChI=1S/C22H14F5N3O5/c23-20(24,25)11-6-8-12(9-7-11)30-19(31)14-4-2-10-28-17(14)18(29-30)13-3-1-5-15(21(26,32)33)16(13)22(27,34)35/h1-10,32-35H. The van der Waals surface area contributed by atoms with Crippen LogP contribution in [-0.4, -0.2) is 35.2 Å². The predicted octanol–water partition coefficient (Wildman–Crippen LogP) is 2.60. The van der Waals surface area contributed by atoms with Crippen molar-refractivity contribution in [2.24, 2.45) is 0 Å². The van der Waals surface area contributed by atoms with Gasteiger partial charge in [-0.05, 0) is 36.4 Å². The summed E-state index contributed by atoms with van der Waals surface area (Å²) in [4.78, 5) is 17.0. The quantitative estimate of drug-likeness (QED) is 0.253. The Morgan fingerprint density at radius 2 is 1.46 bits per heavy atom. The van der Waals surface area contributed by atoms with E-state index in [4.69, 9.17) is 0 Å². The number of hydrogen-bond acceptors (Lipinski definition) is 7.